The van der Waals surface area contributed by atoms with Gasteiger partial charge >= 0.3 is 0 Å². The molecule has 120 valence electrons. The molecule has 0 saturated carbocycles. The number of piperidine rings is 1. The Balaban J connectivity index is 1.69. The molecule has 5 nitrogen and oxygen atoms in total. The fourth-order valence-electron chi connectivity index (χ4n) is 2.67. The van der Waals surface area contributed by atoms with Crippen molar-refractivity contribution in [3.05, 3.63) is 35.4 Å². The van der Waals surface area contributed by atoms with E-state index in [0.29, 0.717) is 18.5 Å². The number of rotatable bonds is 5. The van der Waals surface area contributed by atoms with E-state index in [1.165, 1.54) is 0 Å². The number of hydrogen-bond donors (Lipinski definition) is 2. The Bertz CT molecular complexity index is 522. The van der Waals surface area contributed by atoms with E-state index >= 15 is 0 Å². The molecule has 22 heavy (non-hydrogen) atoms. The molecule has 0 spiro atoms. The molecule has 1 aliphatic rings. The van der Waals surface area contributed by atoms with Gasteiger partial charge in [-0.05, 0) is 51.5 Å². The number of nitrogens with zero attached hydrogens (tertiary/aromatic N) is 1. The standard InChI is InChI=1S/C17H25N3O2/c1-13-5-3-4-6-15(13)17(22)18-10-7-16(21)19-14-8-11-20(2)12-9-14/h3-6,14H,7-12H2,1-2H3,(H,18,22)(H,19,21). The smallest absolute Gasteiger partial charge is 0.251 e. The summed E-state index contributed by atoms with van der Waals surface area (Å²) < 4.78 is 0. The molecule has 0 bridgehead atoms. The minimum atomic E-state index is -0.120. The molecule has 0 aromatic heterocycles. The van der Waals surface area contributed by atoms with Gasteiger partial charge in [-0.25, -0.2) is 0 Å². The molecule has 0 unspecified atom stereocenters. The Morgan fingerprint density at radius 2 is 1.91 bits per heavy atom. The first-order valence-electron chi connectivity index (χ1n) is 7.88. The molecule has 0 radical (unpaired) electrons. The van der Waals surface area contributed by atoms with Gasteiger partial charge in [0.05, 0.1) is 0 Å². The van der Waals surface area contributed by atoms with Crippen LogP contribution in [0.15, 0.2) is 24.3 Å². The Kier molecular flexibility index (Phi) is 5.95. The molecule has 2 rings (SSSR count). The van der Waals surface area contributed by atoms with Gasteiger partial charge in [-0.1, -0.05) is 18.2 Å². The number of amides is 2. The molecule has 5 heteroatoms. The third kappa shape index (κ3) is 4.84. The first kappa shape index (κ1) is 16.5. The second-order valence-corrected chi connectivity index (χ2v) is 5.97. The van der Waals surface area contributed by atoms with Gasteiger partial charge in [-0.15, -0.1) is 0 Å². The number of nitrogens with one attached hydrogen (secondary N) is 2. The molecule has 2 N–H and O–H groups in total. The van der Waals surface area contributed by atoms with Crippen LogP contribution in [0, 0.1) is 6.92 Å². The number of hydrogen-bond acceptors (Lipinski definition) is 3. The van der Waals surface area contributed by atoms with Crippen molar-refractivity contribution in [2.24, 2.45) is 0 Å². The maximum absolute atomic E-state index is 12.0. The summed E-state index contributed by atoms with van der Waals surface area (Å²) in [7, 11) is 2.10. The predicted molar refractivity (Wildman–Crippen MR) is 86.8 cm³/mol. The third-order valence-electron chi connectivity index (χ3n) is 4.11. The molecule has 0 atom stereocenters. The van der Waals surface area contributed by atoms with Gasteiger partial charge in [0.1, 0.15) is 0 Å². The first-order valence-corrected chi connectivity index (χ1v) is 7.88. The van der Waals surface area contributed by atoms with Crippen molar-refractivity contribution in [3.63, 3.8) is 0 Å². The van der Waals surface area contributed by atoms with E-state index in [0.717, 1.165) is 31.5 Å². The van der Waals surface area contributed by atoms with Crippen LogP contribution in [0.5, 0.6) is 0 Å². The van der Waals surface area contributed by atoms with Gasteiger partial charge in [-0.3, -0.25) is 9.59 Å². The van der Waals surface area contributed by atoms with Crippen molar-refractivity contribution in [2.45, 2.75) is 32.2 Å². The van der Waals surface area contributed by atoms with E-state index in [-0.39, 0.29) is 17.9 Å². The van der Waals surface area contributed by atoms with Crippen molar-refractivity contribution in [1.29, 1.82) is 0 Å². The zero-order valence-electron chi connectivity index (χ0n) is 13.4. The first-order chi connectivity index (χ1) is 10.6. The predicted octanol–water partition coefficient (Wildman–Crippen LogP) is 1.33. The van der Waals surface area contributed by atoms with E-state index in [1.54, 1.807) is 6.07 Å². The van der Waals surface area contributed by atoms with Gasteiger partial charge in [-0.2, -0.15) is 0 Å². The lowest BCUT2D eigenvalue weighted by atomic mass is 10.1. The number of carbonyl (C=O) groups excluding carboxylic acids is 2. The maximum Gasteiger partial charge on any atom is 0.251 e. The van der Waals surface area contributed by atoms with Crippen LogP contribution < -0.4 is 10.6 Å². The minimum absolute atomic E-state index is 0.0136. The summed E-state index contributed by atoms with van der Waals surface area (Å²) in [5.41, 5.74) is 1.61. The number of benzene rings is 1. The molecule has 1 heterocycles. The summed E-state index contributed by atoms with van der Waals surface area (Å²) in [4.78, 5) is 26.2. The highest BCUT2D eigenvalue weighted by Crippen LogP contribution is 2.08. The summed E-state index contributed by atoms with van der Waals surface area (Å²) in [5.74, 6) is -0.107. The number of likely N-dealkylation sites (tertiary alicyclic amines) is 1. The lowest BCUT2D eigenvalue weighted by molar-refractivity contribution is -0.121. The van der Waals surface area contributed by atoms with E-state index < -0.39 is 0 Å². The van der Waals surface area contributed by atoms with Crippen molar-refractivity contribution in [3.8, 4) is 0 Å². The van der Waals surface area contributed by atoms with Gasteiger partial charge in [0.15, 0.2) is 0 Å². The van der Waals surface area contributed by atoms with E-state index in [1.807, 2.05) is 25.1 Å². The SMILES string of the molecule is Cc1ccccc1C(=O)NCCC(=O)NC1CCN(C)CC1. The summed E-state index contributed by atoms with van der Waals surface area (Å²) in [5, 5.41) is 5.85. The van der Waals surface area contributed by atoms with E-state index in [4.69, 9.17) is 0 Å². The van der Waals surface area contributed by atoms with Crippen LogP contribution in [0.2, 0.25) is 0 Å². The largest absolute Gasteiger partial charge is 0.353 e. The molecule has 0 aliphatic carbocycles. The van der Waals surface area contributed by atoms with E-state index in [2.05, 4.69) is 22.6 Å². The summed E-state index contributed by atoms with van der Waals surface area (Å²) in [6.07, 6.45) is 2.32. The molecule has 2 amide bonds. The summed E-state index contributed by atoms with van der Waals surface area (Å²) in [6, 6.07) is 7.72. The topological polar surface area (TPSA) is 61.4 Å². The van der Waals surface area contributed by atoms with Gasteiger partial charge in [0.25, 0.3) is 5.91 Å². The Morgan fingerprint density at radius 1 is 1.23 bits per heavy atom. The maximum atomic E-state index is 12.0. The van der Waals surface area contributed by atoms with Crippen molar-refractivity contribution in [2.75, 3.05) is 26.7 Å². The fraction of sp³-hybridized carbons (Fsp3) is 0.529. The Hall–Kier alpha value is -1.88. The third-order valence-corrected chi connectivity index (χ3v) is 4.11. The van der Waals surface area contributed by atoms with Crippen LogP contribution in [0.25, 0.3) is 0 Å². The van der Waals surface area contributed by atoms with Crippen LogP contribution in [0.3, 0.4) is 0 Å². The molecular formula is C17H25N3O2. The lowest BCUT2D eigenvalue weighted by Gasteiger charge is -2.29. The number of aryl methyl sites for hydroxylation is 1. The monoisotopic (exact) mass is 303 g/mol. The summed E-state index contributed by atoms with van der Waals surface area (Å²) >= 11 is 0. The van der Waals surface area contributed by atoms with Crippen molar-refractivity contribution < 1.29 is 9.59 Å². The minimum Gasteiger partial charge on any atom is -0.353 e. The van der Waals surface area contributed by atoms with Gasteiger partial charge in [0.2, 0.25) is 5.91 Å². The van der Waals surface area contributed by atoms with Crippen molar-refractivity contribution >= 4 is 11.8 Å². The normalized spacial score (nSPS) is 16.3. The number of carbonyl (C=O) groups is 2. The summed E-state index contributed by atoms with van der Waals surface area (Å²) in [6.45, 7) is 4.32. The van der Waals surface area contributed by atoms with Crippen LogP contribution >= 0.6 is 0 Å². The Labute approximate surface area is 132 Å². The van der Waals surface area contributed by atoms with Gasteiger partial charge < -0.3 is 15.5 Å². The molecule has 1 aromatic carbocycles. The zero-order valence-corrected chi connectivity index (χ0v) is 13.4. The lowest BCUT2D eigenvalue weighted by Crippen LogP contribution is -2.44. The molecule has 1 aliphatic heterocycles. The van der Waals surface area contributed by atoms with Crippen LogP contribution in [-0.2, 0) is 4.79 Å². The molecule has 1 fully saturated rings. The quantitative estimate of drug-likeness (QED) is 0.862. The van der Waals surface area contributed by atoms with Crippen LogP contribution in [0.1, 0.15) is 35.2 Å². The van der Waals surface area contributed by atoms with E-state index in [9.17, 15) is 9.59 Å². The highest BCUT2D eigenvalue weighted by molar-refractivity contribution is 5.95. The molecule has 1 saturated heterocycles. The second kappa shape index (κ2) is 7.94. The van der Waals surface area contributed by atoms with Crippen LogP contribution in [0.4, 0.5) is 0 Å². The average molecular weight is 303 g/mol. The average Bonchev–Trinajstić information content (AvgIpc) is 2.50. The molecule has 1 aromatic rings. The Morgan fingerprint density at radius 3 is 2.59 bits per heavy atom. The molecular weight excluding hydrogens is 278 g/mol. The zero-order chi connectivity index (χ0) is 15.9. The van der Waals surface area contributed by atoms with Crippen LogP contribution in [-0.4, -0.2) is 49.4 Å². The van der Waals surface area contributed by atoms with Gasteiger partial charge in [0, 0.05) is 24.6 Å². The van der Waals surface area contributed by atoms with Crippen molar-refractivity contribution in [1.82, 2.24) is 15.5 Å². The highest BCUT2D eigenvalue weighted by Gasteiger charge is 2.18. The highest BCUT2D eigenvalue weighted by atomic mass is 16.2. The second-order valence-electron chi connectivity index (χ2n) is 5.97. The fourth-order valence-corrected chi connectivity index (χ4v) is 2.67.